The summed E-state index contributed by atoms with van der Waals surface area (Å²) in [5.41, 5.74) is 1.20. The molecule has 0 bridgehead atoms. The lowest BCUT2D eigenvalue weighted by atomic mass is 10.1. The Hall–Kier alpha value is -0.910. The SMILES string of the molecule is CN1CC(n2cc(C3CNCCO3)cn2)C1. The second kappa shape index (κ2) is 4.16. The standard InChI is InChI=1S/C11H18N4O/c1-14-7-10(8-14)15-6-9(4-13-15)11-5-12-2-3-16-11/h4,6,10-12H,2-3,5,7-8H2,1H3. The van der Waals surface area contributed by atoms with Crippen molar-refractivity contribution >= 4 is 0 Å². The highest BCUT2D eigenvalue weighted by atomic mass is 16.5. The average molecular weight is 222 g/mol. The first-order valence-corrected chi connectivity index (χ1v) is 5.88. The summed E-state index contributed by atoms with van der Waals surface area (Å²) in [5.74, 6) is 0. The Bertz CT molecular complexity index is 353. The summed E-state index contributed by atoms with van der Waals surface area (Å²) in [6.07, 6.45) is 4.26. The van der Waals surface area contributed by atoms with Gasteiger partial charge in [-0.05, 0) is 7.05 Å². The Balaban J connectivity index is 1.67. The van der Waals surface area contributed by atoms with E-state index >= 15 is 0 Å². The van der Waals surface area contributed by atoms with Crippen molar-refractivity contribution in [3.8, 4) is 0 Å². The van der Waals surface area contributed by atoms with Crippen molar-refractivity contribution in [1.29, 1.82) is 0 Å². The maximum absolute atomic E-state index is 5.70. The first-order valence-electron chi connectivity index (χ1n) is 5.88. The lowest BCUT2D eigenvalue weighted by Crippen LogP contribution is -2.45. The predicted octanol–water partition coefficient (Wildman–Crippen LogP) is 0.0305. The Kier molecular flexibility index (Phi) is 2.67. The van der Waals surface area contributed by atoms with Crippen molar-refractivity contribution in [1.82, 2.24) is 20.0 Å². The number of morpholine rings is 1. The van der Waals surface area contributed by atoms with Gasteiger partial charge in [0, 0.05) is 37.9 Å². The molecular formula is C11H18N4O. The zero-order chi connectivity index (χ0) is 11.0. The lowest BCUT2D eigenvalue weighted by molar-refractivity contribution is 0.0275. The normalized spacial score (nSPS) is 27.9. The fraction of sp³-hybridized carbons (Fsp3) is 0.727. The summed E-state index contributed by atoms with van der Waals surface area (Å²) in [6, 6.07) is 0.551. The maximum Gasteiger partial charge on any atom is 0.0980 e. The van der Waals surface area contributed by atoms with Crippen LogP contribution < -0.4 is 5.32 Å². The van der Waals surface area contributed by atoms with Gasteiger partial charge in [-0.25, -0.2) is 0 Å². The fourth-order valence-electron chi connectivity index (χ4n) is 2.33. The van der Waals surface area contributed by atoms with Crippen LogP contribution in [0.4, 0.5) is 0 Å². The molecule has 16 heavy (non-hydrogen) atoms. The van der Waals surface area contributed by atoms with E-state index in [0.717, 1.165) is 32.8 Å². The first kappa shape index (κ1) is 10.3. The summed E-state index contributed by atoms with van der Waals surface area (Å²) >= 11 is 0. The summed E-state index contributed by atoms with van der Waals surface area (Å²) in [4.78, 5) is 2.30. The van der Waals surface area contributed by atoms with Gasteiger partial charge in [-0.15, -0.1) is 0 Å². The third-order valence-electron chi connectivity index (χ3n) is 3.34. The molecule has 0 aliphatic carbocycles. The van der Waals surface area contributed by atoms with Crippen molar-refractivity contribution in [3.05, 3.63) is 18.0 Å². The van der Waals surface area contributed by atoms with Gasteiger partial charge in [0.05, 0.1) is 24.9 Å². The highest BCUT2D eigenvalue weighted by molar-refractivity contribution is 5.10. The molecule has 2 aliphatic heterocycles. The van der Waals surface area contributed by atoms with Gasteiger partial charge in [0.25, 0.3) is 0 Å². The molecule has 1 aromatic rings. The van der Waals surface area contributed by atoms with Crippen molar-refractivity contribution in [2.24, 2.45) is 0 Å². The van der Waals surface area contributed by atoms with E-state index in [1.807, 2.05) is 6.20 Å². The number of rotatable bonds is 2. The van der Waals surface area contributed by atoms with Crippen LogP contribution in [-0.4, -0.2) is 54.5 Å². The van der Waals surface area contributed by atoms with Gasteiger partial charge in [0.1, 0.15) is 0 Å². The highest BCUT2D eigenvalue weighted by Crippen LogP contribution is 2.22. The van der Waals surface area contributed by atoms with E-state index in [0.29, 0.717) is 6.04 Å². The predicted molar refractivity (Wildman–Crippen MR) is 60.3 cm³/mol. The smallest absolute Gasteiger partial charge is 0.0980 e. The molecule has 0 saturated carbocycles. The molecule has 0 spiro atoms. The van der Waals surface area contributed by atoms with E-state index in [4.69, 9.17) is 4.74 Å². The molecular weight excluding hydrogens is 204 g/mol. The van der Waals surface area contributed by atoms with Gasteiger partial charge in [-0.2, -0.15) is 5.10 Å². The van der Waals surface area contributed by atoms with Crippen molar-refractivity contribution in [2.45, 2.75) is 12.1 Å². The summed E-state index contributed by atoms with van der Waals surface area (Å²) in [6.45, 7) is 4.85. The van der Waals surface area contributed by atoms with Gasteiger partial charge in [0.15, 0.2) is 0 Å². The minimum absolute atomic E-state index is 0.181. The molecule has 1 unspecified atom stereocenters. The van der Waals surface area contributed by atoms with Crippen LogP contribution in [0.15, 0.2) is 12.4 Å². The van der Waals surface area contributed by atoms with E-state index in [9.17, 15) is 0 Å². The monoisotopic (exact) mass is 222 g/mol. The second-order valence-corrected chi connectivity index (χ2v) is 4.69. The van der Waals surface area contributed by atoms with Gasteiger partial charge < -0.3 is 15.0 Å². The van der Waals surface area contributed by atoms with Crippen molar-refractivity contribution < 1.29 is 4.74 Å². The van der Waals surface area contributed by atoms with Crippen LogP contribution in [0.25, 0.3) is 0 Å². The number of hydrogen-bond donors (Lipinski definition) is 1. The highest BCUT2D eigenvalue weighted by Gasteiger charge is 2.26. The minimum Gasteiger partial charge on any atom is -0.371 e. The molecule has 1 atom stereocenters. The molecule has 2 saturated heterocycles. The topological polar surface area (TPSA) is 42.3 Å². The zero-order valence-corrected chi connectivity index (χ0v) is 9.59. The van der Waals surface area contributed by atoms with E-state index in [1.165, 1.54) is 5.56 Å². The molecule has 88 valence electrons. The zero-order valence-electron chi connectivity index (χ0n) is 9.59. The molecule has 0 amide bonds. The number of nitrogens with zero attached hydrogens (tertiary/aromatic N) is 3. The molecule has 2 fully saturated rings. The number of ether oxygens (including phenoxy) is 1. The minimum atomic E-state index is 0.181. The van der Waals surface area contributed by atoms with Gasteiger partial charge in [0.2, 0.25) is 0 Å². The van der Waals surface area contributed by atoms with Crippen LogP contribution in [0.5, 0.6) is 0 Å². The molecule has 3 heterocycles. The van der Waals surface area contributed by atoms with E-state index in [-0.39, 0.29) is 6.10 Å². The van der Waals surface area contributed by atoms with Crippen molar-refractivity contribution in [3.63, 3.8) is 0 Å². The number of likely N-dealkylation sites (tertiary alicyclic amines) is 1. The number of aromatic nitrogens is 2. The fourth-order valence-corrected chi connectivity index (χ4v) is 2.33. The Morgan fingerprint density at radius 1 is 1.50 bits per heavy atom. The van der Waals surface area contributed by atoms with Gasteiger partial charge in [-0.3, -0.25) is 4.68 Å². The molecule has 5 heteroatoms. The average Bonchev–Trinajstić information content (AvgIpc) is 2.75. The maximum atomic E-state index is 5.70. The first-order chi connectivity index (χ1) is 7.83. The van der Waals surface area contributed by atoms with Gasteiger partial charge >= 0.3 is 0 Å². The van der Waals surface area contributed by atoms with Crippen molar-refractivity contribution in [2.75, 3.05) is 39.8 Å². The second-order valence-electron chi connectivity index (χ2n) is 4.69. The summed E-state index contributed by atoms with van der Waals surface area (Å²) in [5, 5.41) is 7.77. The largest absolute Gasteiger partial charge is 0.371 e. The van der Waals surface area contributed by atoms with Crippen LogP contribution in [-0.2, 0) is 4.74 Å². The van der Waals surface area contributed by atoms with Gasteiger partial charge in [-0.1, -0.05) is 0 Å². The van der Waals surface area contributed by atoms with Crippen LogP contribution in [0.3, 0.4) is 0 Å². The molecule has 0 aromatic carbocycles. The third kappa shape index (κ3) is 1.86. The summed E-state index contributed by atoms with van der Waals surface area (Å²) in [7, 11) is 2.13. The quantitative estimate of drug-likeness (QED) is 0.766. The number of hydrogen-bond acceptors (Lipinski definition) is 4. The summed E-state index contributed by atoms with van der Waals surface area (Å²) < 4.78 is 7.78. The molecule has 1 N–H and O–H groups in total. The molecule has 5 nitrogen and oxygen atoms in total. The number of nitrogens with one attached hydrogen (secondary N) is 1. The number of likely N-dealkylation sites (N-methyl/N-ethyl adjacent to an activating group) is 1. The van der Waals surface area contributed by atoms with Crippen LogP contribution >= 0.6 is 0 Å². The third-order valence-corrected chi connectivity index (χ3v) is 3.34. The Morgan fingerprint density at radius 3 is 3.06 bits per heavy atom. The van der Waals surface area contributed by atoms with E-state index in [1.54, 1.807) is 0 Å². The van der Waals surface area contributed by atoms with Crippen LogP contribution in [0, 0.1) is 0 Å². The Morgan fingerprint density at radius 2 is 2.38 bits per heavy atom. The molecule has 3 rings (SSSR count). The van der Waals surface area contributed by atoms with E-state index < -0.39 is 0 Å². The van der Waals surface area contributed by atoms with Crippen LogP contribution in [0.2, 0.25) is 0 Å². The van der Waals surface area contributed by atoms with E-state index in [2.05, 4.69) is 33.2 Å². The molecule has 1 aromatic heterocycles. The lowest BCUT2D eigenvalue weighted by Gasteiger charge is -2.36. The van der Waals surface area contributed by atoms with Crippen LogP contribution in [0.1, 0.15) is 17.7 Å². The Labute approximate surface area is 95.4 Å². The molecule has 2 aliphatic rings. The molecule has 0 radical (unpaired) electrons.